The van der Waals surface area contributed by atoms with Crippen LogP contribution in [0.2, 0.25) is 5.02 Å². The predicted octanol–water partition coefficient (Wildman–Crippen LogP) is 3.01. The monoisotopic (exact) mass is 326 g/mol. The minimum Gasteiger partial charge on any atom is -0.325 e. The van der Waals surface area contributed by atoms with Crippen LogP contribution in [-0.2, 0) is 13.6 Å². The summed E-state index contributed by atoms with van der Waals surface area (Å²) in [7, 11) is 1.96. The lowest BCUT2D eigenvalue weighted by Gasteiger charge is -2.00. The van der Waals surface area contributed by atoms with Crippen LogP contribution >= 0.6 is 27.5 Å². The molecule has 0 saturated carbocycles. The average Bonchev–Trinajstić information content (AvgIpc) is 2.78. The molecule has 0 aliphatic heterocycles. The van der Waals surface area contributed by atoms with Crippen molar-refractivity contribution in [2.75, 3.05) is 0 Å². The Balaban J connectivity index is 2.57. The van der Waals surface area contributed by atoms with E-state index in [9.17, 15) is 0 Å². The molecule has 4 nitrogen and oxygen atoms in total. The maximum atomic E-state index is 6.13. The predicted molar refractivity (Wildman–Crippen MR) is 77.0 cm³/mol. The molecule has 2 aromatic heterocycles. The second-order valence-corrected chi connectivity index (χ2v) is 5.53. The zero-order chi connectivity index (χ0) is 13.0. The molecule has 94 valence electrons. The molecule has 0 amide bonds. The molecule has 3 rings (SSSR count). The molecule has 0 radical (unpaired) electrons. The fourth-order valence-corrected chi connectivity index (χ4v) is 3.36. The van der Waals surface area contributed by atoms with E-state index in [-0.39, 0.29) is 0 Å². The van der Waals surface area contributed by atoms with Gasteiger partial charge in [0.25, 0.3) is 0 Å². The van der Waals surface area contributed by atoms with Crippen molar-refractivity contribution in [2.24, 2.45) is 12.8 Å². The van der Waals surface area contributed by atoms with E-state index in [0.29, 0.717) is 11.6 Å². The summed E-state index contributed by atoms with van der Waals surface area (Å²) in [6.45, 7) is 2.47. The summed E-state index contributed by atoms with van der Waals surface area (Å²) >= 11 is 9.72. The molecule has 2 heterocycles. The largest absolute Gasteiger partial charge is 0.325 e. The topological polar surface area (TPSA) is 48.2 Å². The smallest absolute Gasteiger partial charge is 0.215 e. The first-order chi connectivity index (χ1) is 8.54. The number of imidazole rings is 2. The molecule has 0 aliphatic rings. The lowest BCUT2D eigenvalue weighted by molar-refractivity contribution is 0.836. The number of benzene rings is 1. The van der Waals surface area contributed by atoms with E-state index in [4.69, 9.17) is 17.3 Å². The van der Waals surface area contributed by atoms with Gasteiger partial charge in [-0.3, -0.25) is 4.40 Å². The Morgan fingerprint density at radius 1 is 1.44 bits per heavy atom. The van der Waals surface area contributed by atoms with Crippen LogP contribution in [0.4, 0.5) is 0 Å². The van der Waals surface area contributed by atoms with Gasteiger partial charge in [-0.2, -0.15) is 0 Å². The SMILES string of the molecule is Cc1cc(Cl)cc2c1nc1n(C)c(CN)c(Br)n21. The van der Waals surface area contributed by atoms with Crippen molar-refractivity contribution in [1.29, 1.82) is 0 Å². The Hall–Kier alpha value is -1.04. The van der Waals surface area contributed by atoms with Gasteiger partial charge >= 0.3 is 0 Å². The minimum atomic E-state index is 0.460. The number of halogens is 2. The number of nitrogens with two attached hydrogens (primary N) is 1. The van der Waals surface area contributed by atoms with Crippen molar-refractivity contribution in [2.45, 2.75) is 13.5 Å². The second-order valence-electron chi connectivity index (χ2n) is 4.34. The molecule has 0 aliphatic carbocycles. The molecule has 0 atom stereocenters. The molecule has 0 saturated heterocycles. The van der Waals surface area contributed by atoms with Crippen LogP contribution in [0.15, 0.2) is 16.7 Å². The first-order valence-electron chi connectivity index (χ1n) is 5.56. The van der Waals surface area contributed by atoms with Crippen molar-refractivity contribution >= 4 is 44.3 Å². The quantitative estimate of drug-likeness (QED) is 0.747. The molecule has 1 aromatic carbocycles. The second kappa shape index (κ2) is 3.98. The molecular weight excluding hydrogens is 316 g/mol. The zero-order valence-electron chi connectivity index (χ0n) is 10.0. The Morgan fingerprint density at radius 3 is 2.83 bits per heavy atom. The summed E-state index contributed by atoms with van der Waals surface area (Å²) in [5, 5.41) is 0.715. The van der Waals surface area contributed by atoms with Crippen LogP contribution in [0.25, 0.3) is 16.8 Å². The summed E-state index contributed by atoms with van der Waals surface area (Å²) in [5.74, 6) is 0.864. The molecule has 0 bridgehead atoms. The maximum Gasteiger partial charge on any atom is 0.215 e. The molecule has 0 fully saturated rings. The van der Waals surface area contributed by atoms with Gasteiger partial charge in [-0.15, -0.1) is 0 Å². The van der Waals surface area contributed by atoms with E-state index in [1.54, 1.807) is 0 Å². The molecule has 0 spiro atoms. The summed E-state index contributed by atoms with van der Waals surface area (Å²) in [6.07, 6.45) is 0. The highest BCUT2D eigenvalue weighted by molar-refractivity contribution is 9.10. The van der Waals surface area contributed by atoms with Crippen LogP contribution in [-0.4, -0.2) is 14.0 Å². The van der Waals surface area contributed by atoms with Crippen LogP contribution < -0.4 is 5.73 Å². The lowest BCUT2D eigenvalue weighted by Crippen LogP contribution is -2.04. The van der Waals surface area contributed by atoms with E-state index >= 15 is 0 Å². The van der Waals surface area contributed by atoms with Gasteiger partial charge in [-0.25, -0.2) is 4.98 Å². The van der Waals surface area contributed by atoms with Crippen molar-refractivity contribution in [1.82, 2.24) is 14.0 Å². The zero-order valence-corrected chi connectivity index (χ0v) is 12.4. The van der Waals surface area contributed by atoms with Gasteiger partial charge in [0.05, 0.1) is 16.7 Å². The Morgan fingerprint density at radius 2 is 2.17 bits per heavy atom. The minimum absolute atomic E-state index is 0.460. The number of nitrogens with zero attached hydrogens (tertiary/aromatic N) is 3. The highest BCUT2D eigenvalue weighted by atomic mass is 79.9. The first-order valence-corrected chi connectivity index (χ1v) is 6.73. The number of aryl methyl sites for hydroxylation is 2. The Kier molecular flexibility index (Phi) is 2.66. The molecule has 3 aromatic rings. The third-order valence-electron chi connectivity index (χ3n) is 3.23. The fraction of sp³-hybridized carbons (Fsp3) is 0.250. The highest BCUT2D eigenvalue weighted by Gasteiger charge is 2.17. The van der Waals surface area contributed by atoms with Crippen molar-refractivity contribution in [3.8, 4) is 0 Å². The third kappa shape index (κ3) is 1.44. The lowest BCUT2D eigenvalue weighted by atomic mass is 10.2. The molecule has 2 N–H and O–H groups in total. The normalized spacial score (nSPS) is 11.8. The van der Waals surface area contributed by atoms with Crippen LogP contribution in [0.1, 0.15) is 11.3 Å². The van der Waals surface area contributed by atoms with Gasteiger partial charge in [0.15, 0.2) is 0 Å². The van der Waals surface area contributed by atoms with Gasteiger partial charge < -0.3 is 10.3 Å². The van der Waals surface area contributed by atoms with Crippen LogP contribution in [0.5, 0.6) is 0 Å². The van der Waals surface area contributed by atoms with Crippen LogP contribution in [0.3, 0.4) is 0 Å². The van der Waals surface area contributed by atoms with Gasteiger partial charge in [0, 0.05) is 18.6 Å². The average molecular weight is 328 g/mol. The Labute approximate surface area is 117 Å². The summed E-state index contributed by atoms with van der Waals surface area (Å²) < 4.78 is 4.97. The summed E-state index contributed by atoms with van der Waals surface area (Å²) in [5.41, 5.74) is 9.81. The van der Waals surface area contributed by atoms with E-state index < -0.39 is 0 Å². The van der Waals surface area contributed by atoms with Crippen molar-refractivity contribution in [3.63, 3.8) is 0 Å². The van der Waals surface area contributed by atoms with E-state index in [1.165, 1.54) is 0 Å². The number of rotatable bonds is 1. The van der Waals surface area contributed by atoms with E-state index in [1.807, 2.05) is 35.1 Å². The number of hydrogen-bond acceptors (Lipinski definition) is 2. The van der Waals surface area contributed by atoms with Gasteiger partial charge in [-0.1, -0.05) is 11.6 Å². The maximum absolute atomic E-state index is 6.13. The van der Waals surface area contributed by atoms with Crippen molar-refractivity contribution < 1.29 is 0 Å². The highest BCUT2D eigenvalue weighted by Crippen LogP contribution is 2.30. The number of aromatic nitrogens is 3. The summed E-state index contributed by atoms with van der Waals surface area (Å²) in [6, 6.07) is 3.85. The molecule has 0 unspecified atom stereocenters. The van der Waals surface area contributed by atoms with Crippen molar-refractivity contribution in [3.05, 3.63) is 33.0 Å². The van der Waals surface area contributed by atoms with Gasteiger partial charge in [0.2, 0.25) is 5.78 Å². The standard InChI is InChI=1S/C12H12BrClN4/c1-6-3-7(14)4-8-10(6)16-12-17(2)9(5-15)11(13)18(8)12/h3-4H,5,15H2,1-2H3. The van der Waals surface area contributed by atoms with E-state index in [2.05, 4.69) is 20.9 Å². The molecule has 6 heteroatoms. The van der Waals surface area contributed by atoms with Gasteiger partial charge in [0.1, 0.15) is 4.60 Å². The number of fused-ring (bicyclic) bond motifs is 3. The Bertz CT molecular complexity index is 772. The first kappa shape index (κ1) is 12.0. The summed E-state index contributed by atoms with van der Waals surface area (Å²) in [4.78, 5) is 4.67. The fourth-order valence-electron chi connectivity index (χ4n) is 2.32. The van der Waals surface area contributed by atoms with Crippen LogP contribution in [0, 0.1) is 6.92 Å². The molecule has 18 heavy (non-hydrogen) atoms. The third-order valence-corrected chi connectivity index (χ3v) is 4.26. The van der Waals surface area contributed by atoms with Gasteiger partial charge in [-0.05, 0) is 40.5 Å². The van der Waals surface area contributed by atoms with E-state index in [0.717, 1.165) is 32.7 Å². The number of hydrogen-bond donors (Lipinski definition) is 1. The molecular formula is C12H12BrClN4.